The molecule has 1 aliphatic heterocycles. The maximum atomic E-state index is 4.50. The van der Waals surface area contributed by atoms with E-state index in [1.165, 1.54) is 23.1 Å². The number of aromatic nitrogens is 2. The highest BCUT2D eigenvalue weighted by atomic mass is 15.3. The normalized spacial score (nSPS) is 18.2. The van der Waals surface area contributed by atoms with E-state index in [1.807, 2.05) is 25.0 Å². The summed E-state index contributed by atoms with van der Waals surface area (Å²) in [6, 6.07) is 8.91. The minimum absolute atomic E-state index is 0.195. The van der Waals surface area contributed by atoms with Crippen molar-refractivity contribution in [2.45, 2.75) is 45.6 Å². The summed E-state index contributed by atoms with van der Waals surface area (Å²) in [5, 5.41) is 7.81. The Bertz CT molecular complexity index is 767. The average Bonchev–Trinajstić information content (AvgIpc) is 3.25. The van der Waals surface area contributed by atoms with Crippen molar-refractivity contribution in [2.75, 3.05) is 20.1 Å². The SMILES string of the molecule is CN=C(NCc1ccc(C(C)(C)C)cc1)N1CCC(Cc2cnn(C)c2)C1. The highest BCUT2D eigenvalue weighted by molar-refractivity contribution is 5.80. The Labute approximate surface area is 163 Å². The molecule has 1 unspecified atom stereocenters. The van der Waals surface area contributed by atoms with E-state index in [0.717, 1.165) is 32.0 Å². The largest absolute Gasteiger partial charge is 0.352 e. The summed E-state index contributed by atoms with van der Waals surface area (Å²) in [6.07, 6.45) is 6.40. The fraction of sp³-hybridized carbons (Fsp3) is 0.545. The van der Waals surface area contributed by atoms with E-state index >= 15 is 0 Å². The van der Waals surface area contributed by atoms with Crippen LogP contribution in [-0.2, 0) is 25.4 Å². The van der Waals surface area contributed by atoms with Gasteiger partial charge in [-0.05, 0) is 40.9 Å². The molecule has 1 aromatic heterocycles. The molecule has 5 heteroatoms. The van der Waals surface area contributed by atoms with Crippen LogP contribution in [0.2, 0.25) is 0 Å². The number of hydrogen-bond acceptors (Lipinski definition) is 2. The molecule has 2 heterocycles. The second-order valence-electron chi connectivity index (χ2n) is 8.67. The summed E-state index contributed by atoms with van der Waals surface area (Å²) in [5.74, 6) is 1.67. The Kier molecular flexibility index (Phi) is 5.88. The Balaban J connectivity index is 1.52. The number of benzene rings is 1. The van der Waals surface area contributed by atoms with Gasteiger partial charge in [-0.2, -0.15) is 5.10 Å². The van der Waals surface area contributed by atoms with Crippen molar-refractivity contribution in [1.29, 1.82) is 0 Å². The van der Waals surface area contributed by atoms with Gasteiger partial charge in [-0.3, -0.25) is 9.67 Å². The van der Waals surface area contributed by atoms with E-state index in [2.05, 4.69) is 71.5 Å². The lowest BCUT2D eigenvalue weighted by Gasteiger charge is -2.22. The number of hydrogen-bond donors (Lipinski definition) is 1. The first-order chi connectivity index (χ1) is 12.8. The lowest BCUT2D eigenvalue weighted by molar-refractivity contribution is 0.459. The maximum Gasteiger partial charge on any atom is 0.193 e. The Morgan fingerprint density at radius 3 is 2.56 bits per heavy atom. The van der Waals surface area contributed by atoms with Crippen LogP contribution in [0, 0.1) is 5.92 Å². The summed E-state index contributed by atoms with van der Waals surface area (Å²) >= 11 is 0. The lowest BCUT2D eigenvalue weighted by atomic mass is 9.87. The molecule has 1 fully saturated rings. The third-order valence-electron chi connectivity index (χ3n) is 5.35. The summed E-state index contributed by atoms with van der Waals surface area (Å²) in [7, 11) is 3.85. The van der Waals surface area contributed by atoms with Gasteiger partial charge in [0.15, 0.2) is 5.96 Å². The first kappa shape index (κ1) is 19.5. The van der Waals surface area contributed by atoms with Crippen LogP contribution in [0.15, 0.2) is 41.7 Å². The monoisotopic (exact) mass is 367 g/mol. The van der Waals surface area contributed by atoms with Crippen molar-refractivity contribution in [1.82, 2.24) is 20.0 Å². The van der Waals surface area contributed by atoms with Crippen LogP contribution in [-0.4, -0.2) is 40.8 Å². The molecule has 0 bridgehead atoms. The van der Waals surface area contributed by atoms with E-state index in [4.69, 9.17) is 0 Å². The smallest absolute Gasteiger partial charge is 0.193 e. The average molecular weight is 368 g/mol. The molecule has 0 radical (unpaired) electrons. The molecule has 0 saturated carbocycles. The molecule has 2 aromatic rings. The molecule has 1 aliphatic rings. The van der Waals surface area contributed by atoms with Crippen molar-refractivity contribution in [3.8, 4) is 0 Å². The predicted octanol–water partition coefficient (Wildman–Crippen LogP) is 3.36. The summed E-state index contributed by atoms with van der Waals surface area (Å²) < 4.78 is 1.88. The highest BCUT2D eigenvalue weighted by Gasteiger charge is 2.25. The van der Waals surface area contributed by atoms with Gasteiger partial charge in [0.05, 0.1) is 6.20 Å². The first-order valence-electron chi connectivity index (χ1n) is 9.87. The van der Waals surface area contributed by atoms with Crippen LogP contribution in [0.4, 0.5) is 0 Å². The van der Waals surface area contributed by atoms with Gasteiger partial charge in [0.25, 0.3) is 0 Å². The molecule has 1 N–H and O–H groups in total. The topological polar surface area (TPSA) is 45.5 Å². The quantitative estimate of drug-likeness (QED) is 0.666. The molecule has 1 aromatic carbocycles. The van der Waals surface area contributed by atoms with Gasteiger partial charge in [-0.1, -0.05) is 45.0 Å². The van der Waals surface area contributed by atoms with Crippen LogP contribution >= 0.6 is 0 Å². The van der Waals surface area contributed by atoms with Gasteiger partial charge >= 0.3 is 0 Å². The van der Waals surface area contributed by atoms with Gasteiger partial charge in [0, 0.05) is 39.9 Å². The van der Waals surface area contributed by atoms with Crippen molar-refractivity contribution >= 4 is 5.96 Å². The number of aliphatic imine (C=N–C) groups is 1. The van der Waals surface area contributed by atoms with Crippen LogP contribution in [0.3, 0.4) is 0 Å². The van der Waals surface area contributed by atoms with Crippen molar-refractivity contribution < 1.29 is 0 Å². The molecule has 0 amide bonds. The first-order valence-corrected chi connectivity index (χ1v) is 9.87. The number of nitrogens with zero attached hydrogens (tertiary/aromatic N) is 4. The Morgan fingerprint density at radius 1 is 1.22 bits per heavy atom. The fourth-order valence-electron chi connectivity index (χ4n) is 3.74. The zero-order valence-corrected chi connectivity index (χ0v) is 17.4. The van der Waals surface area contributed by atoms with Crippen molar-refractivity contribution in [3.05, 3.63) is 53.3 Å². The molecular weight excluding hydrogens is 334 g/mol. The van der Waals surface area contributed by atoms with E-state index in [1.54, 1.807) is 0 Å². The van der Waals surface area contributed by atoms with Gasteiger partial charge in [-0.15, -0.1) is 0 Å². The van der Waals surface area contributed by atoms with Crippen molar-refractivity contribution in [3.63, 3.8) is 0 Å². The van der Waals surface area contributed by atoms with E-state index in [9.17, 15) is 0 Å². The third-order valence-corrected chi connectivity index (χ3v) is 5.35. The number of rotatable bonds is 4. The number of likely N-dealkylation sites (tertiary alicyclic amines) is 1. The minimum atomic E-state index is 0.195. The summed E-state index contributed by atoms with van der Waals surface area (Å²) in [5.41, 5.74) is 4.18. The van der Waals surface area contributed by atoms with E-state index in [-0.39, 0.29) is 5.41 Å². The number of nitrogens with one attached hydrogen (secondary N) is 1. The van der Waals surface area contributed by atoms with E-state index < -0.39 is 0 Å². The van der Waals surface area contributed by atoms with Gasteiger partial charge < -0.3 is 10.2 Å². The molecule has 0 spiro atoms. The number of guanidine groups is 1. The van der Waals surface area contributed by atoms with Crippen LogP contribution in [0.5, 0.6) is 0 Å². The molecule has 3 rings (SSSR count). The molecule has 146 valence electrons. The van der Waals surface area contributed by atoms with Gasteiger partial charge in [-0.25, -0.2) is 0 Å². The number of aryl methyl sites for hydroxylation is 1. The zero-order chi connectivity index (χ0) is 19.4. The van der Waals surface area contributed by atoms with Gasteiger partial charge in [0.1, 0.15) is 0 Å². The predicted molar refractivity (Wildman–Crippen MR) is 112 cm³/mol. The van der Waals surface area contributed by atoms with Crippen LogP contribution in [0.25, 0.3) is 0 Å². The lowest BCUT2D eigenvalue weighted by Crippen LogP contribution is -2.39. The Hall–Kier alpha value is -2.30. The van der Waals surface area contributed by atoms with E-state index in [0.29, 0.717) is 5.92 Å². The minimum Gasteiger partial charge on any atom is -0.352 e. The third kappa shape index (κ3) is 5.12. The van der Waals surface area contributed by atoms with Gasteiger partial charge in [0.2, 0.25) is 0 Å². The fourth-order valence-corrected chi connectivity index (χ4v) is 3.74. The summed E-state index contributed by atoms with van der Waals surface area (Å²) in [4.78, 5) is 6.88. The second kappa shape index (κ2) is 8.15. The molecule has 27 heavy (non-hydrogen) atoms. The molecule has 5 nitrogen and oxygen atoms in total. The van der Waals surface area contributed by atoms with Crippen LogP contribution in [0.1, 0.15) is 43.9 Å². The van der Waals surface area contributed by atoms with Crippen molar-refractivity contribution in [2.24, 2.45) is 18.0 Å². The second-order valence-corrected chi connectivity index (χ2v) is 8.67. The zero-order valence-electron chi connectivity index (χ0n) is 17.4. The van der Waals surface area contributed by atoms with Crippen LogP contribution < -0.4 is 5.32 Å². The molecule has 1 saturated heterocycles. The maximum absolute atomic E-state index is 4.50. The summed E-state index contributed by atoms with van der Waals surface area (Å²) in [6.45, 7) is 9.66. The Morgan fingerprint density at radius 2 is 1.96 bits per heavy atom. The molecular formula is C22H33N5. The molecule has 0 aliphatic carbocycles. The highest BCUT2D eigenvalue weighted by Crippen LogP contribution is 2.23. The standard InChI is InChI=1S/C22H33N5/c1-22(2,3)20-8-6-17(7-9-20)13-24-21(23-4)27-11-10-18(16-27)12-19-14-25-26(5)15-19/h6-9,14-15,18H,10-13,16H2,1-5H3,(H,23,24). The molecule has 1 atom stereocenters.